The van der Waals surface area contributed by atoms with Crippen LogP contribution in [0, 0.1) is 5.92 Å². The summed E-state index contributed by atoms with van der Waals surface area (Å²) in [6.45, 7) is 0.912. The molecule has 1 aromatic carbocycles. The Labute approximate surface area is 118 Å². The number of nitrogens with one attached hydrogen (secondary N) is 1. The normalized spacial score (nSPS) is 22.2. The second-order valence-corrected chi connectivity index (χ2v) is 5.56. The Morgan fingerprint density at radius 3 is 2.95 bits per heavy atom. The largest absolute Gasteiger partial charge is 0.393 e. The average molecular weight is 272 g/mol. The third-order valence-electron chi connectivity index (χ3n) is 4.17. The quantitative estimate of drug-likeness (QED) is 0.893. The Balaban J connectivity index is 1.58. The Morgan fingerprint density at radius 1 is 1.30 bits per heavy atom. The molecule has 2 unspecified atom stereocenters. The number of aromatic nitrogens is 1. The fourth-order valence-electron chi connectivity index (χ4n) is 2.99. The molecule has 3 rings (SSSR count). The highest BCUT2D eigenvalue weighted by molar-refractivity contribution is 5.83. The van der Waals surface area contributed by atoms with E-state index in [0.29, 0.717) is 13.1 Å². The number of hydrogen-bond acceptors (Lipinski definition) is 2. The molecule has 106 valence electrons. The monoisotopic (exact) mass is 272 g/mol. The lowest BCUT2D eigenvalue weighted by Crippen LogP contribution is -2.34. The molecular weight excluding hydrogens is 252 g/mol. The number of fused-ring (bicyclic) bond motifs is 1. The maximum absolute atomic E-state index is 12.0. The maximum Gasteiger partial charge on any atom is 0.239 e. The third kappa shape index (κ3) is 2.70. The number of aliphatic hydroxyl groups excluding tert-OH is 1. The van der Waals surface area contributed by atoms with Crippen LogP contribution < -0.4 is 5.32 Å². The first-order valence-corrected chi connectivity index (χ1v) is 7.22. The van der Waals surface area contributed by atoms with Gasteiger partial charge in [0.15, 0.2) is 0 Å². The number of carbonyl (C=O) groups is 1. The first kappa shape index (κ1) is 13.2. The molecule has 0 aliphatic heterocycles. The van der Waals surface area contributed by atoms with Crippen molar-refractivity contribution in [1.82, 2.24) is 9.88 Å². The topological polar surface area (TPSA) is 54.3 Å². The summed E-state index contributed by atoms with van der Waals surface area (Å²) in [5, 5.41) is 13.8. The number of nitrogens with zero attached hydrogens (tertiary/aromatic N) is 1. The first-order valence-electron chi connectivity index (χ1n) is 7.22. The number of benzene rings is 1. The molecule has 2 aromatic rings. The van der Waals surface area contributed by atoms with Gasteiger partial charge in [0, 0.05) is 24.2 Å². The van der Waals surface area contributed by atoms with Crippen molar-refractivity contribution < 1.29 is 9.90 Å². The second kappa shape index (κ2) is 5.67. The Kier molecular flexibility index (Phi) is 3.74. The Morgan fingerprint density at radius 2 is 2.15 bits per heavy atom. The summed E-state index contributed by atoms with van der Waals surface area (Å²) >= 11 is 0. The van der Waals surface area contributed by atoms with Crippen molar-refractivity contribution in [2.45, 2.75) is 31.9 Å². The van der Waals surface area contributed by atoms with E-state index < -0.39 is 0 Å². The van der Waals surface area contributed by atoms with Crippen molar-refractivity contribution in [3.8, 4) is 0 Å². The molecule has 0 spiro atoms. The Hall–Kier alpha value is -1.81. The van der Waals surface area contributed by atoms with Gasteiger partial charge in [0.2, 0.25) is 5.91 Å². The van der Waals surface area contributed by atoms with E-state index in [1.807, 2.05) is 41.1 Å². The predicted molar refractivity (Wildman–Crippen MR) is 78.3 cm³/mol. The van der Waals surface area contributed by atoms with Crippen LogP contribution in [0.4, 0.5) is 0 Å². The van der Waals surface area contributed by atoms with Gasteiger partial charge in [-0.25, -0.2) is 0 Å². The van der Waals surface area contributed by atoms with Crippen LogP contribution in [-0.4, -0.2) is 28.2 Å². The van der Waals surface area contributed by atoms with E-state index >= 15 is 0 Å². The fourth-order valence-corrected chi connectivity index (χ4v) is 2.99. The molecule has 1 saturated carbocycles. The molecule has 1 amide bonds. The first-order chi connectivity index (χ1) is 9.74. The van der Waals surface area contributed by atoms with Crippen molar-refractivity contribution in [2.75, 3.05) is 6.54 Å². The summed E-state index contributed by atoms with van der Waals surface area (Å²) in [7, 11) is 0. The third-order valence-corrected chi connectivity index (χ3v) is 4.17. The molecule has 0 saturated heterocycles. The standard InChI is InChI=1S/C16H20N2O2/c19-15-7-3-5-13(15)10-17-16(20)11-18-9-8-12-4-1-2-6-14(12)18/h1-2,4,6,8-9,13,15,19H,3,5,7,10-11H2,(H,17,20). The summed E-state index contributed by atoms with van der Waals surface area (Å²) in [6.07, 6.45) is 4.62. The van der Waals surface area contributed by atoms with Crippen molar-refractivity contribution in [2.24, 2.45) is 5.92 Å². The van der Waals surface area contributed by atoms with Crippen LogP contribution in [0.1, 0.15) is 19.3 Å². The number of rotatable bonds is 4. The van der Waals surface area contributed by atoms with Gasteiger partial charge in [0.25, 0.3) is 0 Å². The van der Waals surface area contributed by atoms with E-state index in [9.17, 15) is 9.90 Å². The van der Waals surface area contributed by atoms with Gasteiger partial charge in [-0.1, -0.05) is 24.6 Å². The molecule has 1 heterocycles. The summed E-state index contributed by atoms with van der Waals surface area (Å²) in [6, 6.07) is 10.0. The van der Waals surface area contributed by atoms with Crippen LogP contribution in [0.2, 0.25) is 0 Å². The summed E-state index contributed by atoms with van der Waals surface area (Å²) in [5.74, 6) is 0.228. The van der Waals surface area contributed by atoms with Gasteiger partial charge >= 0.3 is 0 Å². The van der Waals surface area contributed by atoms with E-state index in [4.69, 9.17) is 0 Å². The van der Waals surface area contributed by atoms with Gasteiger partial charge in [0.1, 0.15) is 6.54 Å². The van der Waals surface area contributed by atoms with E-state index in [-0.39, 0.29) is 17.9 Å². The highest BCUT2D eigenvalue weighted by Gasteiger charge is 2.25. The zero-order valence-corrected chi connectivity index (χ0v) is 11.5. The molecule has 4 heteroatoms. The van der Waals surface area contributed by atoms with E-state index in [1.54, 1.807) is 0 Å². The number of para-hydroxylation sites is 1. The molecule has 0 radical (unpaired) electrons. The second-order valence-electron chi connectivity index (χ2n) is 5.56. The molecule has 20 heavy (non-hydrogen) atoms. The summed E-state index contributed by atoms with van der Waals surface area (Å²) < 4.78 is 1.95. The lowest BCUT2D eigenvalue weighted by atomic mass is 10.1. The summed E-state index contributed by atoms with van der Waals surface area (Å²) in [4.78, 5) is 12.0. The lowest BCUT2D eigenvalue weighted by Gasteiger charge is -2.15. The number of hydrogen-bond donors (Lipinski definition) is 2. The van der Waals surface area contributed by atoms with Crippen molar-refractivity contribution >= 4 is 16.8 Å². The molecule has 1 aliphatic rings. The highest BCUT2D eigenvalue weighted by Crippen LogP contribution is 2.24. The molecule has 4 nitrogen and oxygen atoms in total. The van der Waals surface area contributed by atoms with Crippen LogP contribution in [0.15, 0.2) is 36.5 Å². The van der Waals surface area contributed by atoms with E-state index in [2.05, 4.69) is 5.32 Å². The van der Waals surface area contributed by atoms with Gasteiger partial charge < -0.3 is 15.0 Å². The minimum absolute atomic E-state index is 0.00505. The smallest absolute Gasteiger partial charge is 0.239 e. The van der Waals surface area contributed by atoms with Crippen molar-refractivity contribution in [3.63, 3.8) is 0 Å². The van der Waals surface area contributed by atoms with Crippen LogP contribution in [-0.2, 0) is 11.3 Å². The van der Waals surface area contributed by atoms with Gasteiger partial charge in [-0.3, -0.25) is 4.79 Å². The molecule has 1 aromatic heterocycles. The lowest BCUT2D eigenvalue weighted by molar-refractivity contribution is -0.121. The molecule has 2 N–H and O–H groups in total. The van der Waals surface area contributed by atoms with Crippen LogP contribution in [0.25, 0.3) is 10.9 Å². The number of amides is 1. The maximum atomic E-state index is 12.0. The molecule has 1 aliphatic carbocycles. The Bertz CT molecular complexity index is 605. The van der Waals surface area contributed by atoms with Crippen molar-refractivity contribution in [1.29, 1.82) is 0 Å². The molecule has 1 fully saturated rings. The SMILES string of the molecule is O=C(Cn1ccc2ccccc21)NCC1CCCC1O. The van der Waals surface area contributed by atoms with Crippen molar-refractivity contribution in [3.05, 3.63) is 36.5 Å². The van der Waals surface area contributed by atoms with E-state index in [0.717, 1.165) is 30.2 Å². The van der Waals surface area contributed by atoms with Gasteiger partial charge in [0.05, 0.1) is 6.10 Å². The van der Waals surface area contributed by atoms with Crippen LogP contribution >= 0.6 is 0 Å². The zero-order chi connectivity index (χ0) is 13.9. The predicted octanol–water partition coefficient (Wildman–Crippen LogP) is 1.92. The number of aliphatic hydroxyl groups is 1. The van der Waals surface area contributed by atoms with E-state index in [1.165, 1.54) is 0 Å². The minimum atomic E-state index is -0.247. The number of carbonyl (C=O) groups excluding carboxylic acids is 1. The fraction of sp³-hybridized carbons (Fsp3) is 0.438. The molecule has 0 bridgehead atoms. The van der Waals surface area contributed by atoms with Crippen LogP contribution in [0.5, 0.6) is 0 Å². The highest BCUT2D eigenvalue weighted by atomic mass is 16.3. The van der Waals surface area contributed by atoms with Crippen LogP contribution in [0.3, 0.4) is 0 Å². The average Bonchev–Trinajstić information content (AvgIpc) is 3.04. The van der Waals surface area contributed by atoms with Gasteiger partial charge in [-0.2, -0.15) is 0 Å². The minimum Gasteiger partial charge on any atom is -0.393 e. The summed E-state index contributed by atoms with van der Waals surface area (Å²) in [5.41, 5.74) is 1.07. The van der Waals surface area contributed by atoms with Gasteiger partial charge in [-0.15, -0.1) is 0 Å². The molecular formula is C16H20N2O2. The van der Waals surface area contributed by atoms with Gasteiger partial charge in [-0.05, 0) is 30.4 Å². The molecule has 2 atom stereocenters. The zero-order valence-electron chi connectivity index (χ0n) is 11.5.